The summed E-state index contributed by atoms with van der Waals surface area (Å²) in [5.41, 5.74) is 1.28. The highest BCUT2D eigenvalue weighted by Gasteiger charge is 2.25. The standard InChI is InChI=1S/C24H29N3O4S2/c1-3-27-22-20(31-4-2)10-9-11-21(22)32-24(27)25-23(28)18-12-14-19(15-13-18)33(29,30)26-16-7-5-6-8-17-26/h9-15H,3-8,16-17H2,1-2H3. The average molecular weight is 488 g/mol. The van der Waals surface area contributed by atoms with Crippen molar-refractivity contribution in [3.8, 4) is 5.75 Å². The van der Waals surface area contributed by atoms with Gasteiger partial charge in [-0.15, -0.1) is 0 Å². The predicted octanol–water partition coefficient (Wildman–Crippen LogP) is 4.43. The number of carbonyl (C=O) groups excluding carboxylic acids is 1. The molecule has 3 aromatic rings. The molecule has 9 heteroatoms. The number of hydrogen-bond donors (Lipinski definition) is 0. The van der Waals surface area contributed by atoms with Crippen LogP contribution < -0.4 is 9.54 Å². The lowest BCUT2D eigenvalue weighted by Crippen LogP contribution is -2.31. The monoisotopic (exact) mass is 487 g/mol. The van der Waals surface area contributed by atoms with E-state index >= 15 is 0 Å². The maximum atomic E-state index is 13.0. The van der Waals surface area contributed by atoms with Gasteiger partial charge in [-0.05, 0) is 63.1 Å². The number of rotatable bonds is 6. The van der Waals surface area contributed by atoms with Crippen LogP contribution >= 0.6 is 11.3 Å². The van der Waals surface area contributed by atoms with E-state index in [1.54, 1.807) is 16.4 Å². The van der Waals surface area contributed by atoms with Crippen molar-refractivity contribution in [2.75, 3.05) is 19.7 Å². The van der Waals surface area contributed by atoms with Crippen LogP contribution in [0.15, 0.2) is 52.4 Å². The van der Waals surface area contributed by atoms with Crippen molar-refractivity contribution in [1.82, 2.24) is 8.87 Å². The third-order valence-electron chi connectivity index (χ3n) is 5.78. The maximum absolute atomic E-state index is 13.0. The van der Waals surface area contributed by atoms with Crippen LogP contribution in [0, 0.1) is 0 Å². The first-order chi connectivity index (χ1) is 16.0. The minimum atomic E-state index is -3.55. The number of carbonyl (C=O) groups is 1. The molecular weight excluding hydrogens is 458 g/mol. The lowest BCUT2D eigenvalue weighted by atomic mass is 10.2. The van der Waals surface area contributed by atoms with Gasteiger partial charge in [0, 0.05) is 25.2 Å². The molecule has 0 bridgehead atoms. The Morgan fingerprint density at radius 3 is 2.36 bits per heavy atom. The van der Waals surface area contributed by atoms with Crippen LogP contribution in [-0.4, -0.2) is 42.9 Å². The summed E-state index contributed by atoms with van der Waals surface area (Å²) < 4.78 is 36.3. The number of nitrogens with zero attached hydrogens (tertiary/aromatic N) is 3. The summed E-state index contributed by atoms with van der Waals surface area (Å²) in [6.07, 6.45) is 3.88. The summed E-state index contributed by atoms with van der Waals surface area (Å²) in [5.74, 6) is 0.366. The van der Waals surface area contributed by atoms with E-state index in [1.165, 1.54) is 23.5 Å². The average Bonchev–Trinajstić information content (AvgIpc) is 2.97. The number of amides is 1. The van der Waals surface area contributed by atoms with Crippen LogP contribution in [0.2, 0.25) is 0 Å². The van der Waals surface area contributed by atoms with Crippen LogP contribution in [0.4, 0.5) is 0 Å². The zero-order valence-corrected chi connectivity index (χ0v) is 20.6. The zero-order chi connectivity index (χ0) is 23.4. The number of benzene rings is 2. The van der Waals surface area contributed by atoms with E-state index in [0.29, 0.717) is 36.6 Å². The van der Waals surface area contributed by atoms with Crippen LogP contribution in [0.5, 0.6) is 5.75 Å². The van der Waals surface area contributed by atoms with Crippen molar-refractivity contribution < 1.29 is 17.9 Å². The van der Waals surface area contributed by atoms with Crippen LogP contribution in [0.1, 0.15) is 49.9 Å². The number of aromatic nitrogens is 1. The number of fused-ring (bicyclic) bond motifs is 1. The van der Waals surface area contributed by atoms with Gasteiger partial charge in [-0.1, -0.05) is 30.2 Å². The Balaban J connectivity index is 1.64. The van der Waals surface area contributed by atoms with E-state index in [2.05, 4.69) is 4.99 Å². The molecule has 0 spiro atoms. The summed E-state index contributed by atoms with van der Waals surface area (Å²) in [7, 11) is -3.55. The Morgan fingerprint density at radius 1 is 1.03 bits per heavy atom. The van der Waals surface area contributed by atoms with Crippen molar-refractivity contribution in [3.63, 3.8) is 0 Å². The fourth-order valence-corrected chi connectivity index (χ4v) is 6.73. The molecule has 0 saturated carbocycles. The van der Waals surface area contributed by atoms with Crippen LogP contribution in [0.3, 0.4) is 0 Å². The summed E-state index contributed by atoms with van der Waals surface area (Å²) in [4.78, 5) is 18.1. The lowest BCUT2D eigenvalue weighted by Gasteiger charge is -2.19. The van der Waals surface area contributed by atoms with Crippen LogP contribution in [0.25, 0.3) is 10.2 Å². The van der Waals surface area contributed by atoms with Gasteiger partial charge in [0.05, 0.1) is 16.2 Å². The molecule has 2 heterocycles. The summed E-state index contributed by atoms with van der Waals surface area (Å²) >= 11 is 1.43. The molecule has 0 aliphatic carbocycles. The van der Waals surface area contributed by atoms with E-state index in [-0.39, 0.29) is 4.90 Å². The molecule has 1 aliphatic rings. The second kappa shape index (κ2) is 10.2. The first-order valence-corrected chi connectivity index (χ1v) is 13.7. The van der Waals surface area contributed by atoms with Crippen molar-refractivity contribution >= 4 is 37.5 Å². The summed E-state index contributed by atoms with van der Waals surface area (Å²) in [5, 5.41) is 0. The van der Waals surface area contributed by atoms with Gasteiger partial charge in [0.15, 0.2) is 4.80 Å². The zero-order valence-electron chi connectivity index (χ0n) is 19.0. The quantitative estimate of drug-likeness (QED) is 0.515. The fourth-order valence-electron chi connectivity index (χ4n) is 4.10. The summed E-state index contributed by atoms with van der Waals surface area (Å²) in [6, 6.07) is 11.9. The Kier molecular flexibility index (Phi) is 7.31. The molecule has 1 saturated heterocycles. The van der Waals surface area contributed by atoms with E-state index in [1.807, 2.05) is 36.6 Å². The van der Waals surface area contributed by atoms with Gasteiger partial charge < -0.3 is 9.30 Å². The highest BCUT2D eigenvalue weighted by Crippen LogP contribution is 2.28. The van der Waals surface area contributed by atoms with Gasteiger partial charge in [0.25, 0.3) is 5.91 Å². The van der Waals surface area contributed by atoms with Gasteiger partial charge in [-0.25, -0.2) is 8.42 Å². The number of hydrogen-bond acceptors (Lipinski definition) is 5. The van der Waals surface area contributed by atoms with Crippen LogP contribution in [-0.2, 0) is 16.6 Å². The molecule has 1 aromatic heterocycles. The van der Waals surface area contributed by atoms with E-state index in [9.17, 15) is 13.2 Å². The lowest BCUT2D eigenvalue weighted by molar-refractivity contribution is 0.0997. The number of ether oxygens (including phenoxy) is 1. The molecule has 7 nitrogen and oxygen atoms in total. The van der Waals surface area contributed by atoms with E-state index < -0.39 is 15.9 Å². The largest absolute Gasteiger partial charge is 0.492 e. The number of sulfonamides is 1. The van der Waals surface area contributed by atoms with Crippen molar-refractivity contribution in [1.29, 1.82) is 0 Å². The Bertz CT molecular complexity index is 1300. The minimum Gasteiger partial charge on any atom is -0.492 e. The molecule has 0 radical (unpaired) electrons. The predicted molar refractivity (Wildman–Crippen MR) is 130 cm³/mol. The Labute approximate surface area is 198 Å². The summed E-state index contributed by atoms with van der Waals surface area (Å²) in [6.45, 7) is 6.23. The fraction of sp³-hybridized carbons (Fsp3) is 0.417. The molecule has 1 amide bonds. The smallest absolute Gasteiger partial charge is 0.279 e. The van der Waals surface area contributed by atoms with Crippen molar-refractivity contribution in [3.05, 3.63) is 52.8 Å². The molecule has 1 aliphatic heterocycles. The van der Waals surface area contributed by atoms with Crippen molar-refractivity contribution in [2.24, 2.45) is 4.99 Å². The highest BCUT2D eigenvalue weighted by molar-refractivity contribution is 7.89. The van der Waals surface area contributed by atoms with E-state index in [4.69, 9.17) is 4.74 Å². The first-order valence-electron chi connectivity index (χ1n) is 11.4. The molecule has 33 heavy (non-hydrogen) atoms. The van der Waals surface area contributed by atoms with Gasteiger partial charge in [0.1, 0.15) is 11.3 Å². The minimum absolute atomic E-state index is 0.216. The van der Waals surface area contributed by atoms with E-state index in [0.717, 1.165) is 41.6 Å². The number of para-hydroxylation sites is 1. The third-order valence-corrected chi connectivity index (χ3v) is 8.74. The Hall–Kier alpha value is -2.49. The first kappa shape index (κ1) is 23.7. The van der Waals surface area contributed by atoms with Gasteiger partial charge >= 0.3 is 0 Å². The molecular formula is C24H29N3O4S2. The second-order valence-electron chi connectivity index (χ2n) is 7.92. The SMILES string of the molecule is CCOc1cccc2sc(=NC(=O)c3ccc(S(=O)(=O)N4CCCCCC4)cc3)n(CC)c12. The van der Waals surface area contributed by atoms with Gasteiger partial charge in [-0.2, -0.15) is 9.30 Å². The molecule has 1 fully saturated rings. The van der Waals surface area contributed by atoms with Gasteiger partial charge in [0.2, 0.25) is 10.0 Å². The topological polar surface area (TPSA) is 81.0 Å². The molecule has 176 valence electrons. The third kappa shape index (κ3) is 4.90. The molecule has 0 N–H and O–H groups in total. The molecule has 0 unspecified atom stereocenters. The number of thiazole rings is 1. The molecule has 0 atom stereocenters. The number of aryl methyl sites for hydroxylation is 1. The Morgan fingerprint density at radius 2 is 1.73 bits per heavy atom. The van der Waals surface area contributed by atoms with Crippen molar-refractivity contribution in [2.45, 2.75) is 51.0 Å². The normalized spacial score (nSPS) is 16.1. The highest BCUT2D eigenvalue weighted by atomic mass is 32.2. The molecule has 2 aromatic carbocycles. The molecule has 4 rings (SSSR count). The maximum Gasteiger partial charge on any atom is 0.279 e. The van der Waals surface area contributed by atoms with Gasteiger partial charge in [-0.3, -0.25) is 4.79 Å². The second-order valence-corrected chi connectivity index (χ2v) is 10.9.